The topological polar surface area (TPSA) is 58.2 Å². The zero-order valence-corrected chi connectivity index (χ0v) is 9.96. The van der Waals surface area contributed by atoms with Crippen molar-refractivity contribution in [2.45, 2.75) is 0 Å². The number of rotatable bonds is 4. The van der Waals surface area contributed by atoms with Crippen LogP contribution in [0.1, 0.15) is 5.56 Å². The molecule has 1 aromatic carbocycles. The summed E-state index contributed by atoms with van der Waals surface area (Å²) in [6, 6.07) is 8.89. The molecule has 0 atom stereocenters. The maximum Gasteiger partial charge on any atom is 0.321 e. The van der Waals surface area contributed by atoms with Crippen molar-refractivity contribution in [1.29, 1.82) is 0 Å². The molecule has 2 N–H and O–H groups in total. The van der Waals surface area contributed by atoms with Crippen molar-refractivity contribution in [3.05, 3.63) is 42.5 Å². The Morgan fingerprint density at radius 3 is 2.47 bits per heavy atom. The number of halogens is 1. The summed E-state index contributed by atoms with van der Waals surface area (Å²) >= 11 is 5.25. The Hall–Kier alpha value is -1.81. The molecular weight excluding hydrogens is 240 g/mol. The van der Waals surface area contributed by atoms with Crippen molar-refractivity contribution in [2.24, 2.45) is 0 Å². The standard InChI is InChI=1S/C12H13ClN2O2/c1-9(10-5-3-2-4-6-10)8-14-12(17)15-11(16)7-13/h2-6H,1,7-8H2,(H2,14,15,16,17). The van der Waals surface area contributed by atoms with E-state index in [-0.39, 0.29) is 12.4 Å². The molecule has 0 fully saturated rings. The third-order valence-electron chi connectivity index (χ3n) is 2.02. The van der Waals surface area contributed by atoms with Gasteiger partial charge in [0.05, 0.1) is 0 Å². The van der Waals surface area contributed by atoms with Gasteiger partial charge in [0.25, 0.3) is 0 Å². The molecule has 0 aromatic heterocycles. The lowest BCUT2D eigenvalue weighted by molar-refractivity contribution is -0.117. The van der Waals surface area contributed by atoms with Crippen LogP contribution < -0.4 is 10.6 Å². The van der Waals surface area contributed by atoms with Crippen LogP contribution in [-0.4, -0.2) is 24.4 Å². The summed E-state index contributed by atoms with van der Waals surface area (Å²) < 4.78 is 0. The van der Waals surface area contributed by atoms with Gasteiger partial charge in [0.2, 0.25) is 5.91 Å². The van der Waals surface area contributed by atoms with E-state index in [9.17, 15) is 9.59 Å². The van der Waals surface area contributed by atoms with Gasteiger partial charge in [-0.3, -0.25) is 10.1 Å². The normalized spacial score (nSPS) is 9.47. The predicted octanol–water partition coefficient (Wildman–Crippen LogP) is 1.76. The number of hydrogen-bond acceptors (Lipinski definition) is 2. The van der Waals surface area contributed by atoms with E-state index in [1.54, 1.807) is 0 Å². The Labute approximate surface area is 105 Å². The highest BCUT2D eigenvalue weighted by Gasteiger charge is 2.06. The van der Waals surface area contributed by atoms with Gasteiger partial charge in [-0.05, 0) is 11.1 Å². The lowest BCUT2D eigenvalue weighted by Crippen LogP contribution is -2.40. The van der Waals surface area contributed by atoms with E-state index in [2.05, 4.69) is 17.2 Å². The highest BCUT2D eigenvalue weighted by molar-refractivity contribution is 6.28. The van der Waals surface area contributed by atoms with Crippen molar-refractivity contribution in [1.82, 2.24) is 10.6 Å². The van der Waals surface area contributed by atoms with Gasteiger partial charge in [0.1, 0.15) is 5.88 Å². The second-order valence-corrected chi connectivity index (χ2v) is 3.60. The Kier molecular flexibility index (Phi) is 5.23. The molecule has 0 saturated carbocycles. The van der Waals surface area contributed by atoms with Crippen LogP contribution in [0.25, 0.3) is 5.57 Å². The van der Waals surface area contributed by atoms with E-state index in [1.165, 1.54) is 0 Å². The van der Waals surface area contributed by atoms with Crippen molar-refractivity contribution >= 4 is 29.1 Å². The molecule has 0 radical (unpaired) electrons. The Morgan fingerprint density at radius 2 is 1.88 bits per heavy atom. The largest absolute Gasteiger partial charge is 0.334 e. The highest BCUT2D eigenvalue weighted by atomic mass is 35.5. The Balaban J connectivity index is 2.39. The third-order valence-corrected chi connectivity index (χ3v) is 2.26. The van der Waals surface area contributed by atoms with E-state index >= 15 is 0 Å². The smallest absolute Gasteiger partial charge is 0.321 e. The fraction of sp³-hybridized carbons (Fsp3) is 0.167. The van der Waals surface area contributed by atoms with Crippen molar-refractivity contribution in [2.75, 3.05) is 12.4 Å². The monoisotopic (exact) mass is 252 g/mol. The second kappa shape index (κ2) is 6.70. The van der Waals surface area contributed by atoms with Crippen LogP contribution in [-0.2, 0) is 4.79 Å². The molecule has 0 heterocycles. The summed E-state index contributed by atoms with van der Waals surface area (Å²) in [7, 11) is 0. The highest BCUT2D eigenvalue weighted by Crippen LogP contribution is 2.09. The second-order valence-electron chi connectivity index (χ2n) is 3.33. The zero-order chi connectivity index (χ0) is 12.7. The SMILES string of the molecule is C=C(CNC(=O)NC(=O)CCl)c1ccccc1. The van der Waals surface area contributed by atoms with Crippen molar-refractivity contribution < 1.29 is 9.59 Å². The number of urea groups is 1. The molecule has 0 aliphatic heterocycles. The quantitative estimate of drug-likeness (QED) is 0.803. The van der Waals surface area contributed by atoms with Gasteiger partial charge in [0.15, 0.2) is 0 Å². The van der Waals surface area contributed by atoms with Crippen LogP contribution in [0.5, 0.6) is 0 Å². The van der Waals surface area contributed by atoms with Crippen LogP contribution in [0.3, 0.4) is 0 Å². The van der Waals surface area contributed by atoms with Crippen LogP contribution in [0.2, 0.25) is 0 Å². The van der Waals surface area contributed by atoms with E-state index in [0.717, 1.165) is 11.1 Å². The summed E-state index contributed by atoms with van der Waals surface area (Å²) in [4.78, 5) is 22.0. The zero-order valence-electron chi connectivity index (χ0n) is 9.20. The summed E-state index contributed by atoms with van der Waals surface area (Å²) in [5, 5.41) is 4.59. The molecule has 3 amide bonds. The number of imide groups is 1. The summed E-state index contributed by atoms with van der Waals surface area (Å²) in [6.07, 6.45) is 0. The summed E-state index contributed by atoms with van der Waals surface area (Å²) in [6.45, 7) is 4.11. The average Bonchev–Trinajstić information content (AvgIpc) is 2.36. The first-order chi connectivity index (χ1) is 8.13. The van der Waals surface area contributed by atoms with Gasteiger partial charge in [-0.2, -0.15) is 0 Å². The molecule has 1 rings (SSSR count). The third kappa shape index (κ3) is 4.70. The van der Waals surface area contributed by atoms with Gasteiger partial charge in [-0.25, -0.2) is 4.79 Å². The van der Waals surface area contributed by atoms with Gasteiger partial charge >= 0.3 is 6.03 Å². The molecule has 17 heavy (non-hydrogen) atoms. The number of nitrogens with one attached hydrogen (secondary N) is 2. The Morgan fingerprint density at radius 1 is 1.24 bits per heavy atom. The minimum atomic E-state index is -0.576. The van der Waals surface area contributed by atoms with Crippen molar-refractivity contribution in [3.8, 4) is 0 Å². The molecule has 0 aliphatic carbocycles. The van der Waals surface area contributed by atoms with Crippen LogP contribution in [0.15, 0.2) is 36.9 Å². The first kappa shape index (κ1) is 13.3. The predicted molar refractivity (Wildman–Crippen MR) is 67.7 cm³/mol. The van der Waals surface area contributed by atoms with Crippen molar-refractivity contribution in [3.63, 3.8) is 0 Å². The summed E-state index contributed by atoms with van der Waals surface area (Å²) in [5.41, 5.74) is 1.70. The Bertz CT molecular complexity index is 418. The van der Waals surface area contributed by atoms with Gasteiger partial charge in [-0.1, -0.05) is 36.9 Å². The molecule has 1 aromatic rings. The fourth-order valence-electron chi connectivity index (χ4n) is 1.17. The maximum absolute atomic E-state index is 11.2. The molecule has 90 valence electrons. The molecule has 0 spiro atoms. The molecular formula is C12H13ClN2O2. The molecule has 0 bridgehead atoms. The number of benzene rings is 1. The molecule has 4 nitrogen and oxygen atoms in total. The number of hydrogen-bond donors (Lipinski definition) is 2. The summed E-state index contributed by atoms with van der Waals surface area (Å²) in [5.74, 6) is -0.776. The van der Waals surface area contributed by atoms with Crippen LogP contribution in [0.4, 0.5) is 4.79 Å². The molecule has 5 heteroatoms. The fourth-order valence-corrected chi connectivity index (χ4v) is 1.23. The number of alkyl halides is 1. The lowest BCUT2D eigenvalue weighted by Gasteiger charge is -2.08. The lowest BCUT2D eigenvalue weighted by atomic mass is 10.1. The minimum Gasteiger partial charge on any atom is -0.334 e. The number of carbonyl (C=O) groups excluding carboxylic acids is 2. The van der Waals surface area contributed by atoms with E-state index in [0.29, 0.717) is 0 Å². The van der Waals surface area contributed by atoms with Gasteiger partial charge < -0.3 is 5.32 Å². The maximum atomic E-state index is 11.2. The molecule has 0 unspecified atom stereocenters. The van der Waals surface area contributed by atoms with E-state index in [1.807, 2.05) is 30.3 Å². The van der Waals surface area contributed by atoms with Crippen LogP contribution in [0, 0.1) is 0 Å². The van der Waals surface area contributed by atoms with Gasteiger partial charge in [-0.15, -0.1) is 11.6 Å². The first-order valence-electron chi connectivity index (χ1n) is 5.00. The first-order valence-corrected chi connectivity index (χ1v) is 5.53. The van der Waals surface area contributed by atoms with E-state index < -0.39 is 11.9 Å². The number of carbonyl (C=O) groups is 2. The molecule has 0 aliphatic rings. The van der Waals surface area contributed by atoms with Gasteiger partial charge in [0, 0.05) is 6.54 Å². The average molecular weight is 253 g/mol. The van der Waals surface area contributed by atoms with Crippen LogP contribution >= 0.6 is 11.6 Å². The number of amides is 3. The van der Waals surface area contributed by atoms with E-state index in [4.69, 9.17) is 11.6 Å². The minimum absolute atomic E-state index is 0.243. The molecule has 0 saturated heterocycles.